The molecule has 1 aliphatic carbocycles. The predicted molar refractivity (Wildman–Crippen MR) is 69.6 cm³/mol. The number of carbonyl (C=O) groups excluding carboxylic acids is 2. The molecule has 1 fully saturated rings. The molecule has 1 rings (SSSR count). The van der Waals surface area contributed by atoms with Crippen molar-refractivity contribution in [2.75, 3.05) is 0 Å². The highest BCUT2D eigenvalue weighted by Gasteiger charge is 2.20. The Labute approximate surface area is 118 Å². The molecule has 20 heavy (non-hydrogen) atoms. The Bertz CT molecular complexity index is 349. The van der Waals surface area contributed by atoms with Crippen LogP contribution in [0.4, 0.5) is 0 Å². The van der Waals surface area contributed by atoms with Gasteiger partial charge in [0.15, 0.2) is 0 Å². The first-order chi connectivity index (χ1) is 9.49. The van der Waals surface area contributed by atoms with E-state index in [1.54, 1.807) is 0 Å². The van der Waals surface area contributed by atoms with Crippen LogP contribution in [0.1, 0.15) is 57.8 Å². The van der Waals surface area contributed by atoms with E-state index < -0.39 is 18.0 Å². The van der Waals surface area contributed by atoms with Gasteiger partial charge in [0.2, 0.25) is 5.91 Å². The molecule has 1 aliphatic rings. The summed E-state index contributed by atoms with van der Waals surface area (Å²) < 4.78 is 0. The molecule has 0 aromatic rings. The van der Waals surface area contributed by atoms with E-state index in [1.807, 2.05) is 0 Å². The van der Waals surface area contributed by atoms with Gasteiger partial charge in [-0.15, -0.1) is 0 Å². The van der Waals surface area contributed by atoms with Gasteiger partial charge in [0.05, 0.1) is 0 Å². The first-order valence-corrected chi connectivity index (χ1v) is 7.21. The molecule has 0 bridgehead atoms. The summed E-state index contributed by atoms with van der Waals surface area (Å²) in [6.07, 6.45) is 6.52. The molecule has 6 heteroatoms. The zero-order valence-corrected chi connectivity index (χ0v) is 11.6. The minimum atomic E-state index is -1.31. The average molecular weight is 284 g/mol. The van der Waals surface area contributed by atoms with Crippen LogP contribution in [0.3, 0.4) is 0 Å². The molecular formula is C14H22NO5-. The van der Waals surface area contributed by atoms with Gasteiger partial charge in [0, 0.05) is 12.4 Å². The number of hydrogen-bond donors (Lipinski definition) is 2. The summed E-state index contributed by atoms with van der Waals surface area (Å²) in [6, 6.07) is -1.15. The van der Waals surface area contributed by atoms with Crippen molar-refractivity contribution in [1.29, 1.82) is 0 Å². The van der Waals surface area contributed by atoms with E-state index in [4.69, 9.17) is 5.11 Å². The van der Waals surface area contributed by atoms with Crippen LogP contribution in [0.5, 0.6) is 0 Å². The van der Waals surface area contributed by atoms with E-state index in [-0.39, 0.29) is 18.7 Å². The standard InChI is InChI=1S/C14H23NO5/c16-12(7-3-6-10-4-1-2-5-10)15-11(14(19)20)8-9-13(17)18/h10-11H,1-9H2,(H,15,16)(H,17,18)(H,19,20)/p-1/t11-/m1/s1. The van der Waals surface area contributed by atoms with E-state index in [0.29, 0.717) is 12.3 Å². The summed E-state index contributed by atoms with van der Waals surface area (Å²) in [5, 5.41) is 21.6. The van der Waals surface area contributed by atoms with Crippen molar-refractivity contribution in [3.05, 3.63) is 0 Å². The van der Waals surface area contributed by atoms with Gasteiger partial charge in [0.1, 0.15) is 6.04 Å². The number of hydrogen-bond acceptors (Lipinski definition) is 4. The Balaban J connectivity index is 2.22. The third-order valence-electron chi connectivity index (χ3n) is 3.76. The number of rotatable bonds is 9. The number of aliphatic carboxylic acids is 2. The summed E-state index contributed by atoms with van der Waals surface area (Å²) in [5.74, 6) is -2.15. The van der Waals surface area contributed by atoms with Crippen LogP contribution < -0.4 is 10.4 Å². The molecule has 0 spiro atoms. The highest BCUT2D eigenvalue weighted by atomic mass is 16.4. The molecular weight excluding hydrogens is 262 g/mol. The summed E-state index contributed by atoms with van der Waals surface area (Å²) in [5.41, 5.74) is 0. The summed E-state index contributed by atoms with van der Waals surface area (Å²) in [7, 11) is 0. The van der Waals surface area contributed by atoms with Crippen LogP contribution in [0.25, 0.3) is 0 Å². The first kappa shape index (κ1) is 16.5. The molecule has 1 atom stereocenters. The third kappa shape index (κ3) is 6.54. The molecule has 0 aliphatic heterocycles. The Morgan fingerprint density at radius 3 is 2.40 bits per heavy atom. The van der Waals surface area contributed by atoms with Crippen molar-refractivity contribution in [2.45, 2.75) is 63.8 Å². The van der Waals surface area contributed by atoms with Crippen molar-refractivity contribution in [2.24, 2.45) is 5.92 Å². The highest BCUT2D eigenvalue weighted by molar-refractivity contribution is 5.83. The quantitative estimate of drug-likeness (QED) is 0.639. The van der Waals surface area contributed by atoms with E-state index in [1.165, 1.54) is 25.7 Å². The van der Waals surface area contributed by atoms with Crippen molar-refractivity contribution in [1.82, 2.24) is 5.32 Å². The van der Waals surface area contributed by atoms with Crippen molar-refractivity contribution in [3.63, 3.8) is 0 Å². The molecule has 0 heterocycles. The van der Waals surface area contributed by atoms with Crippen LogP contribution in [-0.2, 0) is 14.4 Å². The van der Waals surface area contributed by atoms with E-state index >= 15 is 0 Å². The first-order valence-electron chi connectivity index (χ1n) is 7.21. The van der Waals surface area contributed by atoms with Gasteiger partial charge in [0.25, 0.3) is 0 Å². The second kappa shape index (κ2) is 8.55. The second-order valence-electron chi connectivity index (χ2n) is 5.41. The zero-order valence-electron chi connectivity index (χ0n) is 11.6. The SMILES string of the molecule is O=C([O-])CC[C@@H](NC(=O)CCCC1CCCC1)C(=O)O. The van der Waals surface area contributed by atoms with Crippen LogP contribution in [0.2, 0.25) is 0 Å². The Morgan fingerprint density at radius 1 is 1.20 bits per heavy atom. The number of carboxylic acid groups (broad SMARTS) is 2. The van der Waals surface area contributed by atoms with Crippen molar-refractivity contribution < 1.29 is 24.6 Å². The maximum absolute atomic E-state index is 11.6. The van der Waals surface area contributed by atoms with Crippen molar-refractivity contribution >= 4 is 17.8 Å². The van der Waals surface area contributed by atoms with Gasteiger partial charge in [-0.3, -0.25) is 4.79 Å². The van der Waals surface area contributed by atoms with E-state index in [9.17, 15) is 19.5 Å². The van der Waals surface area contributed by atoms with Crippen molar-refractivity contribution in [3.8, 4) is 0 Å². The van der Waals surface area contributed by atoms with Gasteiger partial charge >= 0.3 is 5.97 Å². The van der Waals surface area contributed by atoms with Crippen LogP contribution in [0, 0.1) is 5.92 Å². The lowest BCUT2D eigenvalue weighted by molar-refractivity contribution is -0.305. The summed E-state index contributed by atoms with van der Waals surface area (Å²) in [4.78, 5) is 32.9. The van der Waals surface area contributed by atoms with Crippen LogP contribution in [-0.4, -0.2) is 29.0 Å². The van der Waals surface area contributed by atoms with Gasteiger partial charge in [-0.2, -0.15) is 0 Å². The Kier molecular flexibility index (Phi) is 7.04. The minimum absolute atomic E-state index is 0.147. The second-order valence-corrected chi connectivity index (χ2v) is 5.41. The van der Waals surface area contributed by atoms with Gasteiger partial charge < -0.3 is 20.3 Å². The molecule has 0 aromatic heterocycles. The summed E-state index contributed by atoms with van der Waals surface area (Å²) in [6.45, 7) is 0. The monoisotopic (exact) mass is 284 g/mol. The largest absolute Gasteiger partial charge is 0.550 e. The van der Waals surface area contributed by atoms with E-state index in [2.05, 4.69) is 5.32 Å². The van der Waals surface area contributed by atoms with Gasteiger partial charge in [-0.05, 0) is 31.6 Å². The average Bonchev–Trinajstić information content (AvgIpc) is 2.87. The third-order valence-corrected chi connectivity index (χ3v) is 3.76. The highest BCUT2D eigenvalue weighted by Crippen LogP contribution is 2.28. The topological polar surface area (TPSA) is 107 Å². The van der Waals surface area contributed by atoms with Crippen LogP contribution in [0.15, 0.2) is 0 Å². The lowest BCUT2D eigenvalue weighted by Gasteiger charge is -2.15. The predicted octanol–water partition coefficient (Wildman–Crippen LogP) is 0.446. The molecule has 6 nitrogen and oxygen atoms in total. The van der Waals surface area contributed by atoms with Gasteiger partial charge in [-0.1, -0.05) is 25.7 Å². The molecule has 0 aromatic carbocycles. The fourth-order valence-electron chi connectivity index (χ4n) is 2.64. The molecule has 0 unspecified atom stereocenters. The molecule has 2 N–H and O–H groups in total. The fourth-order valence-corrected chi connectivity index (χ4v) is 2.64. The van der Waals surface area contributed by atoms with Crippen LogP contribution >= 0.6 is 0 Å². The number of amides is 1. The molecule has 0 radical (unpaired) electrons. The minimum Gasteiger partial charge on any atom is -0.550 e. The molecule has 114 valence electrons. The Hall–Kier alpha value is -1.59. The smallest absolute Gasteiger partial charge is 0.326 e. The maximum atomic E-state index is 11.6. The Morgan fingerprint density at radius 2 is 1.85 bits per heavy atom. The molecule has 1 saturated carbocycles. The summed E-state index contributed by atoms with van der Waals surface area (Å²) >= 11 is 0. The lowest BCUT2D eigenvalue weighted by atomic mass is 10.0. The lowest BCUT2D eigenvalue weighted by Crippen LogP contribution is -2.41. The van der Waals surface area contributed by atoms with E-state index in [0.717, 1.165) is 12.8 Å². The molecule has 0 saturated heterocycles. The zero-order chi connectivity index (χ0) is 15.0. The molecule has 1 amide bonds. The number of carbonyl (C=O) groups is 3. The van der Waals surface area contributed by atoms with Gasteiger partial charge in [-0.25, -0.2) is 4.79 Å². The number of nitrogens with one attached hydrogen (secondary N) is 1. The number of carboxylic acids is 2. The maximum Gasteiger partial charge on any atom is 0.326 e. The normalized spacial score (nSPS) is 16.8. The fraction of sp³-hybridized carbons (Fsp3) is 0.786.